The van der Waals surface area contributed by atoms with Crippen molar-refractivity contribution in [2.45, 2.75) is 31.2 Å². The molecule has 1 saturated heterocycles. The van der Waals surface area contributed by atoms with Crippen LogP contribution >= 0.6 is 23.2 Å². The van der Waals surface area contributed by atoms with E-state index in [-0.39, 0.29) is 18.3 Å². The van der Waals surface area contributed by atoms with Crippen LogP contribution < -0.4 is 10.1 Å². The van der Waals surface area contributed by atoms with Gasteiger partial charge in [0, 0.05) is 28.8 Å². The van der Waals surface area contributed by atoms with Crippen LogP contribution in [0.15, 0.2) is 48.5 Å². The van der Waals surface area contributed by atoms with Gasteiger partial charge in [-0.1, -0.05) is 23.2 Å². The molecule has 0 spiro atoms. The van der Waals surface area contributed by atoms with E-state index < -0.39 is 24.9 Å². The average molecular weight is 477 g/mol. The molecule has 1 heterocycles. The number of rotatable bonds is 6. The number of likely N-dealkylation sites (tertiary alicyclic amines) is 1. The minimum atomic E-state index is -4.71. The number of ether oxygens (including phenoxy) is 2. The lowest BCUT2D eigenvalue weighted by atomic mass is 10.1. The summed E-state index contributed by atoms with van der Waals surface area (Å²) in [6.07, 6.45) is -7.05. The van der Waals surface area contributed by atoms with Gasteiger partial charge in [0.25, 0.3) is 0 Å². The molecule has 1 aliphatic heterocycles. The van der Waals surface area contributed by atoms with E-state index in [2.05, 4.69) is 5.32 Å². The second-order valence-corrected chi connectivity index (χ2v) is 8.04. The molecule has 10 heteroatoms. The normalized spacial score (nSPS) is 18.3. The molecule has 2 aromatic rings. The second kappa shape index (κ2) is 10.4. The minimum absolute atomic E-state index is 0.272. The molecule has 1 unspecified atom stereocenters. The molecular weight excluding hydrogens is 456 g/mol. The molecular formula is C21H21Cl2F3N2O3. The summed E-state index contributed by atoms with van der Waals surface area (Å²) >= 11 is 11.6. The third-order valence-electron chi connectivity index (χ3n) is 4.71. The van der Waals surface area contributed by atoms with Crippen molar-refractivity contribution in [2.75, 3.05) is 25.0 Å². The van der Waals surface area contributed by atoms with Crippen molar-refractivity contribution in [1.82, 2.24) is 4.90 Å². The van der Waals surface area contributed by atoms with Gasteiger partial charge in [0.2, 0.25) is 6.10 Å². The lowest BCUT2D eigenvalue weighted by molar-refractivity contribution is -0.207. The SMILES string of the molecule is O=C(Nc1ccc(Cl)cc1)O[C@@H](CN1CCCC(Oc2ccc(Cl)cc2)C1)C(F)(F)F. The highest BCUT2D eigenvalue weighted by molar-refractivity contribution is 6.30. The van der Waals surface area contributed by atoms with E-state index in [0.29, 0.717) is 35.2 Å². The zero-order valence-electron chi connectivity index (χ0n) is 16.4. The highest BCUT2D eigenvalue weighted by Gasteiger charge is 2.44. The van der Waals surface area contributed by atoms with Crippen molar-refractivity contribution in [2.24, 2.45) is 0 Å². The Labute approximate surface area is 188 Å². The van der Waals surface area contributed by atoms with Gasteiger partial charge in [-0.05, 0) is 67.9 Å². The number of anilines is 1. The van der Waals surface area contributed by atoms with Gasteiger partial charge in [0.15, 0.2) is 0 Å². The maximum absolute atomic E-state index is 13.5. The average Bonchev–Trinajstić information content (AvgIpc) is 2.71. The third kappa shape index (κ3) is 7.48. The van der Waals surface area contributed by atoms with Crippen LogP contribution in [0.1, 0.15) is 12.8 Å². The zero-order valence-corrected chi connectivity index (χ0v) is 17.9. The van der Waals surface area contributed by atoms with E-state index in [9.17, 15) is 18.0 Å². The molecule has 1 fully saturated rings. The van der Waals surface area contributed by atoms with Crippen LogP contribution in [0.25, 0.3) is 0 Å². The predicted octanol–water partition coefficient (Wildman–Crippen LogP) is 6.02. The third-order valence-corrected chi connectivity index (χ3v) is 5.21. The van der Waals surface area contributed by atoms with E-state index in [1.54, 1.807) is 29.2 Å². The van der Waals surface area contributed by atoms with E-state index in [1.807, 2.05) is 0 Å². The van der Waals surface area contributed by atoms with Gasteiger partial charge in [-0.15, -0.1) is 0 Å². The lowest BCUT2D eigenvalue weighted by Gasteiger charge is -2.35. The summed E-state index contributed by atoms with van der Waals surface area (Å²) in [5, 5.41) is 3.29. The van der Waals surface area contributed by atoms with Crippen LogP contribution in [0, 0.1) is 0 Å². The van der Waals surface area contributed by atoms with Gasteiger partial charge < -0.3 is 9.47 Å². The molecule has 0 aromatic heterocycles. The maximum atomic E-state index is 13.5. The zero-order chi connectivity index (χ0) is 22.4. The van der Waals surface area contributed by atoms with Crippen molar-refractivity contribution in [3.8, 4) is 5.75 Å². The van der Waals surface area contributed by atoms with Gasteiger partial charge >= 0.3 is 12.3 Å². The Kier molecular flexibility index (Phi) is 7.91. The molecule has 168 valence electrons. The van der Waals surface area contributed by atoms with E-state index in [1.165, 1.54) is 24.3 Å². The standard InChI is InChI=1S/C21H21Cl2F3N2O3/c22-14-3-7-16(8-4-14)27-20(29)31-19(21(24,25)26)13-28-11-1-2-18(12-28)30-17-9-5-15(23)6-10-17/h3-10,18-19H,1-2,11-13H2,(H,27,29)/t18?,19-/m0/s1. The largest absolute Gasteiger partial charge is 0.489 e. The van der Waals surface area contributed by atoms with Crippen molar-refractivity contribution in [3.63, 3.8) is 0 Å². The number of nitrogens with one attached hydrogen (secondary N) is 1. The number of alkyl halides is 3. The summed E-state index contributed by atoms with van der Waals surface area (Å²) in [5.74, 6) is 0.599. The van der Waals surface area contributed by atoms with Gasteiger partial charge in [0.05, 0.1) is 0 Å². The molecule has 5 nitrogen and oxygen atoms in total. The molecule has 0 radical (unpaired) electrons. The monoisotopic (exact) mass is 476 g/mol. The highest BCUT2D eigenvalue weighted by atomic mass is 35.5. The first-order valence-corrected chi connectivity index (χ1v) is 10.4. The topological polar surface area (TPSA) is 50.8 Å². The summed E-state index contributed by atoms with van der Waals surface area (Å²) in [7, 11) is 0. The lowest BCUT2D eigenvalue weighted by Crippen LogP contribution is -2.49. The summed E-state index contributed by atoms with van der Waals surface area (Å²) in [6, 6.07) is 12.7. The van der Waals surface area contributed by atoms with E-state index in [4.69, 9.17) is 32.7 Å². The molecule has 0 aliphatic carbocycles. The summed E-state index contributed by atoms with van der Waals surface area (Å²) in [6.45, 7) is 0.268. The maximum Gasteiger partial charge on any atom is 0.426 e. The van der Waals surface area contributed by atoms with E-state index in [0.717, 1.165) is 0 Å². The first-order valence-electron chi connectivity index (χ1n) is 9.63. The van der Waals surface area contributed by atoms with Gasteiger partial charge in [-0.3, -0.25) is 10.2 Å². The molecule has 3 rings (SSSR count). The van der Waals surface area contributed by atoms with Crippen LogP contribution in [0.2, 0.25) is 10.0 Å². The first-order chi connectivity index (χ1) is 14.7. The molecule has 1 aliphatic rings. The number of nitrogens with zero attached hydrogens (tertiary/aromatic N) is 1. The Morgan fingerprint density at radius 1 is 1.10 bits per heavy atom. The minimum Gasteiger partial charge on any atom is -0.489 e. The molecule has 0 bridgehead atoms. The number of carbonyl (C=O) groups is 1. The number of carbonyl (C=O) groups excluding carboxylic acids is 1. The van der Waals surface area contributed by atoms with E-state index >= 15 is 0 Å². The molecule has 1 amide bonds. The summed E-state index contributed by atoms with van der Waals surface area (Å²) in [4.78, 5) is 13.6. The highest BCUT2D eigenvalue weighted by Crippen LogP contribution is 2.27. The van der Waals surface area contributed by atoms with Crippen LogP contribution in [-0.4, -0.2) is 49.0 Å². The number of piperidine rings is 1. The first kappa shape index (κ1) is 23.5. The molecule has 31 heavy (non-hydrogen) atoms. The van der Waals surface area contributed by atoms with Crippen LogP contribution in [-0.2, 0) is 4.74 Å². The van der Waals surface area contributed by atoms with Gasteiger partial charge in [0.1, 0.15) is 11.9 Å². The second-order valence-electron chi connectivity index (χ2n) is 7.16. The van der Waals surface area contributed by atoms with Crippen LogP contribution in [0.5, 0.6) is 5.75 Å². The number of benzene rings is 2. The Balaban J connectivity index is 1.57. The fourth-order valence-electron chi connectivity index (χ4n) is 3.23. The number of hydrogen-bond donors (Lipinski definition) is 1. The molecule has 2 atom stereocenters. The van der Waals surface area contributed by atoms with Crippen molar-refractivity contribution >= 4 is 35.0 Å². The van der Waals surface area contributed by atoms with Crippen molar-refractivity contribution in [1.29, 1.82) is 0 Å². The Hall–Kier alpha value is -2.16. The van der Waals surface area contributed by atoms with Gasteiger partial charge in [-0.25, -0.2) is 4.79 Å². The van der Waals surface area contributed by atoms with Crippen molar-refractivity contribution in [3.05, 3.63) is 58.6 Å². The number of hydrogen-bond acceptors (Lipinski definition) is 4. The van der Waals surface area contributed by atoms with Gasteiger partial charge in [-0.2, -0.15) is 13.2 Å². The molecule has 1 N–H and O–H groups in total. The molecule has 2 aromatic carbocycles. The quantitative estimate of drug-likeness (QED) is 0.553. The van der Waals surface area contributed by atoms with Crippen LogP contribution in [0.3, 0.4) is 0 Å². The predicted molar refractivity (Wildman–Crippen MR) is 113 cm³/mol. The summed E-state index contributed by atoms with van der Waals surface area (Å²) in [5.41, 5.74) is 0.282. The summed E-state index contributed by atoms with van der Waals surface area (Å²) < 4.78 is 51.1. The smallest absolute Gasteiger partial charge is 0.426 e. The fraction of sp³-hybridized carbons (Fsp3) is 0.381. The number of amides is 1. The number of halogens is 5. The van der Waals surface area contributed by atoms with Crippen molar-refractivity contribution < 1.29 is 27.4 Å². The van der Waals surface area contributed by atoms with Crippen LogP contribution in [0.4, 0.5) is 23.7 Å². The Morgan fingerprint density at radius 2 is 1.71 bits per heavy atom. The Bertz CT molecular complexity index is 864. The molecule has 0 saturated carbocycles. The Morgan fingerprint density at radius 3 is 2.32 bits per heavy atom. The fourth-order valence-corrected chi connectivity index (χ4v) is 3.48.